The molecule has 0 aromatic heterocycles. The Morgan fingerprint density at radius 1 is 0.472 bits per heavy atom. The van der Waals surface area contributed by atoms with E-state index in [4.69, 9.17) is 0 Å². The second-order valence-electron chi connectivity index (χ2n) is 8.14. The normalized spacial score (nSPS) is 14.7. The lowest BCUT2D eigenvalue weighted by Crippen LogP contribution is -2.30. The van der Waals surface area contributed by atoms with E-state index in [-0.39, 0.29) is 49.6 Å². The predicted octanol–water partition coefficient (Wildman–Crippen LogP) is 0.877. The van der Waals surface area contributed by atoms with Gasteiger partial charge < -0.3 is 9.47 Å². The van der Waals surface area contributed by atoms with Crippen LogP contribution in [0.5, 0.6) is 0 Å². The first-order valence-corrected chi connectivity index (χ1v) is 11.7. The number of nitrogens with zero attached hydrogens (tertiary/aromatic N) is 2. The molecule has 2 heterocycles. The molecule has 12 nitrogen and oxygen atoms in total. The van der Waals surface area contributed by atoms with E-state index in [1.807, 2.05) is 0 Å². The van der Waals surface area contributed by atoms with Gasteiger partial charge in [0, 0.05) is 50.2 Å². The van der Waals surface area contributed by atoms with Gasteiger partial charge in [-0.25, -0.2) is 0 Å². The molecule has 0 saturated carbocycles. The molecule has 0 atom stereocenters. The smallest absolute Gasteiger partial charge is 0.314 e. The van der Waals surface area contributed by atoms with Crippen LogP contribution < -0.4 is 0 Å². The van der Waals surface area contributed by atoms with Gasteiger partial charge in [-0.3, -0.25) is 48.2 Å². The van der Waals surface area contributed by atoms with Crippen molar-refractivity contribution >= 4 is 47.5 Å². The van der Waals surface area contributed by atoms with E-state index >= 15 is 0 Å². The van der Waals surface area contributed by atoms with Gasteiger partial charge in [0.1, 0.15) is 0 Å². The number of esters is 4. The number of carbonyl (C=O) groups excluding carboxylic acids is 8. The summed E-state index contributed by atoms with van der Waals surface area (Å²) in [6.45, 7) is 0.496. The Bertz CT molecular complexity index is 867. The van der Waals surface area contributed by atoms with Crippen LogP contribution in [0.15, 0.2) is 24.3 Å². The molecule has 0 aliphatic carbocycles. The predicted molar refractivity (Wildman–Crippen MR) is 120 cm³/mol. The molecule has 36 heavy (non-hydrogen) atoms. The summed E-state index contributed by atoms with van der Waals surface area (Å²) in [5, 5.41) is 0. The van der Waals surface area contributed by atoms with Crippen molar-refractivity contribution in [2.75, 3.05) is 13.1 Å². The second kappa shape index (κ2) is 14.4. The Hall–Kier alpha value is -3.96. The van der Waals surface area contributed by atoms with Crippen LogP contribution in [0.2, 0.25) is 0 Å². The fourth-order valence-corrected chi connectivity index (χ4v) is 3.40. The molecule has 0 bridgehead atoms. The lowest BCUT2D eigenvalue weighted by atomic mass is 10.2. The summed E-state index contributed by atoms with van der Waals surface area (Å²) in [7, 11) is 0. The van der Waals surface area contributed by atoms with Crippen molar-refractivity contribution in [3.8, 4) is 0 Å². The molecule has 2 rings (SSSR count). The summed E-state index contributed by atoms with van der Waals surface area (Å²) in [5.41, 5.74) is 0. The van der Waals surface area contributed by atoms with Crippen LogP contribution in [0, 0.1) is 0 Å². The summed E-state index contributed by atoms with van der Waals surface area (Å²) in [6.07, 6.45) is 6.77. The summed E-state index contributed by atoms with van der Waals surface area (Å²) >= 11 is 0. The standard InChI is InChI=1S/C24H28N2O10/c27-17-9-10-18(28)25(17)15-5-1-3-7-21(31)35-23(33)13-14-24(34)36-22(32)8-4-2-6-16-26-19(29)11-12-20(26)30/h9-12H,1-8,13-16H2. The van der Waals surface area contributed by atoms with Crippen molar-refractivity contribution in [2.24, 2.45) is 0 Å². The number of imide groups is 2. The summed E-state index contributed by atoms with van der Waals surface area (Å²) in [5.74, 6) is -4.81. The Morgan fingerprint density at radius 2 is 0.778 bits per heavy atom. The SMILES string of the molecule is O=C(CCCCCN1C(=O)C=CC1=O)OC(=O)CCC(=O)OC(=O)CCCCCN1C(=O)C=CC1=O. The van der Waals surface area contributed by atoms with E-state index in [2.05, 4.69) is 9.47 Å². The number of rotatable bonds is 15. The van der Waals surface area contributed by atoms with Crippen molar-refractivity contribution in [3.63, 3.8) is 0 Å². The third-order valence-corrected chi connectivity index (χ3v) is 5.31. The molecule has 2 aliphatic rings. The quantitative estimate of drug-likeness (QED) is 0.135. The van der Waals surface area contributed by atoms with Crippen molar-refractivity contribution in [1.82, 2.24) is 9.80 Å². The molecular formula is C24H28N2O10. The Labute approximate surface area is 207 Å². The minimum atomic E-state index is -0.913. The first-order chi connectivity index (χ1) is 17.2. The molecule has 4 amide bonds. The van der Waals surface area contributed by atoms with E-state index in [0.29, 0.717) is 38.5 Å². The third kappa shape index (κ3) is 9.72. The molecule has 0 aromatic rings. The number of carbonyl (C=O) groups is 8. The maximum Gasteiger partial charge on any atom is 0.314 e. The van der Waals surface area contributed by atoms with E-state index in [0.717, 1.165) is 9.80 Å². The van der Waals surface area contributed by atoms with Crippen molar-refractivity contribution in [1.29, 1.82) is 0 Å². The molecule has 0 saturated heterocycles. The van der Waals surface area contributed by atoms with Crippen molar-refractivity contribution < 1.29 is 47.8 Å². The van der Waals surface area contributed by atoms with Gasteiger partial charge >= 0.3 is 23.9 Å². The monoisotopic (exact) mass is 504 g/mol. The number of hydrogen-bond donors (Lipinski definition) is 0. The Kier molecular flexibility index (Phi) is 11.3. The second-order valence-corrected chi connectivity index (χ2v) is 8.14. The molecule has 0 fully saturated rings. The molecule has 12 heteroatoms. The molecule has 0 N–H and O–H groups in total. The number of hydrogen-bond acceptors (Lipinski definition) is 10. The minimum absolute atomic E-state index is 0.0363. The molecule has 0 spiro atoms. The maximum atomic E-state index is 11.7. The zero-order chi connectivity index (χ0) is 26.5. The van der Waals surface area contributed by atoms with E-state index in [1.54, 1.807) is 0 Å². The lowest BCUT2D eigenvalue weighted by molar-refractivity contribution is -0.165. The lowest BCUT2D eigenvalue weighted by Gasteiger charge is -2.12. The minimum Gasteiger partial charge on any atom is -0.393 e. The number of amides is 4. The van der Waals surface area contributed by atoms with E-state index < -0.39 is 36.7 Å². The number of unbranched alkanes of at least 4 members (excludes halogenated alkanes) is 4. The molecule has 0 radical (unpaired) electrons. The average Bonchev–Trinajstić information content (AvgIpc) is 3.32. The molecule has 2 aliphatic heterocycles. The topological polar surface area (TPSA) is 162 Å². The highest BCUT2D eigenvalue weighted by Crippen LogP contribution is 2.10. The van der Waals surface area contributed by atoms with Crippen LogP contribution in [-0.4, -0.2) is 70.4 Å². The average molecular weight is 504 g/mol. The highest BCUT2D eigenvalue weighted by atomic mass is 16.6. The molecule has 194 valence electrons. The third-order valence-electron chi connectivity index (χ3n) is 5.31. The van der Waals surface area contributed by atoms with Gasteiger partial charge in [0.25, 0.3) is 23.6 Å². The fraction of sp³-hybridized carbons (Fsp3) is 0.500. The van der Waals surface area contributed by atoms with Crippen LogP contribution in [-0.2, 0) is 47.8 Å². The summed E-state index contributed by atoms with van der Waals surface area (Å²) < 4.78 is 9.23. The van der Waals surface area contributed by atoms with E-state index in [9.17, 15) is 38.4 Å². The van der Waals surface area contributed by atoms with Gasteiger partial charge in [0.15, 0.2) is 0 Å². The van der Waals surface area contributed by atoms with Gasteiger partial charge in [0.05, 0.1) is 12.8 Å². The van der Waals surface area contributed by atoms with Gasteiger partial charge in [-0.1, -0.05) is 12.8 Å². The van der Waals surface area contributed by atoms with Crippen LogP contribution in [0.25, 0.3) is 0 Å². The van der Waals surface area contributed by atoms with Crippen LogP contribution in [0.1, 0.15) is 64.2 Å². The zero-order valence-corrected chi connectivity index (χ0v) is 19.8. The molecule has 0 unspecified atom stereocenters. The Morgan fingerprint density at radius 3 is 1.11 bits per heavy atom. The van der Waals surface area contributed by atoms with Crippen molar-refractivity contribution in [3.05, 3.63) is 24.3 Å². The van der Waals surface area contributed by atoms with Gasteiger partial charge in [-0.2, -0.15) is 0 Å². The largest absolute Gasteiger partial charge is 0.393 e. The first-order valence-electron chi connectivity index (χ1n) is 11.7. The maximum absolute atomic E-state index is 11.7. The summed E-state index contributed by atoms with van der Waals surface area (Å²) in [4.78, 5) is 94.6. The van der Waals surface area contributed by atoms with Crippen LogP contribution in [0.3, 0.4) is 0 Å². The highest BCUT2D eigenvalue weighted by molar-refractivity contribution is 6.13. The van der Waals surface area contributed by atoms with Crippen molar-refractivity contribution in [2.45, 2.75) is 64.2 Å². The Balaban J connectivity index is 1.46. The first kappa shape index (κ1) is 28.3. The van der Waals surface area contributed by atoms with Crippen LogP contribution >= 0.6 is 0 Å². The van der Waals surface area contributed by atoms with Crippen LogP contribution in [0.4, 0.5) is 0 Å². The van der Waals surface area contributed by atoms with E-state index in [1.165, 1.54) is 24.3 Å². The van der Waals surface area contributed by atoms with Gasteiger partial charge in [-0.15, -0.1) is 0 Å². The van der Waals surface area contributed by atoms with Gasteiger partial charge in [0.2, 0.25) is 0 Å². The molecular weight excluding hydrogens is 476 g/mol. The highest BCUT2D eigenvalue weighted by Gasteiger charge is 2.23. The molecule has 0 aromatic carbocycles. The summed E-state index contributed by atoms with van der Waals surface area (Å²) in [6, 6.07) is 0. The zero-order valence-electron chi connectivity index (χ0n) is 19.8. The number of ether oxygens (including phenoxy) is 2. The fourth-order valence-electron chi connectivity index (χ4n) is 3.40. The van der Waals surface area contributed by atoms with Gasteiger partial charge in [-0.05, 0) is 25.7 Å².